The molecule has 0 aliphatic carbocycles. The SMILES string of the molecule is C=CCCCCCN(C)C(=NC)NCCCC.I. The number of hydrogen-bond donors (Lipinski definition) is 1. The first-order valence-corrected chi connectivity index (χ1v) is 6.79. The van der Waals surface area contributed by atoms with Crippen LogP contribution >= 0.6 is 24.0 Å². The van der Waals surface area contributed by atoms with Gasteiger partial charge in [-0.25, -0.2) is 0 Å². The lowest BCUT2D eigenvalue weighted by molar-refractivity contribution is 0.454. The molecule has 0 aromatic carbocycles. The molecule has 0 aromatic heterocycles. The molecule has 0 atom stereocenters. The highest BCUT2D eigenvalue weighted by Crippen LogP contribution is 2.01. The van der Waals surface area contributed by atoms with Crippen LogP contribution in [0.3, 0.4) is 0 Å². The number of unbranched alkanes of at least 4 members (excludes halogenated alkanes) is 4. The molecular weight excluding hydrogens is 337 g/mol. The number of hydrogen-bond acceptors (Lipinski definition) is 1. The third kappa shape index (κ3) is 10.9. The van der Waals surface area contributed by atoms with Gasteiger partial charge in [0.15, 0.2) is 5.96 Å². The van der Waals surface area contributed by atoms with E-state index in [4.69, 9.17) is 0 Å². The maximum atomic E-state index is 4.29. The van der Waals surface area contributed by atoms with Crippen LogP contribution in [0.2, 0.25) is 0 Å². The van der Waals surface area contributed by atoms with Gasteiger partial charge in [-0.3, -0.25) is 4.99 Å². The van der Waals surface area contributed by atoms with Crippen LogP contribution in [0.25, 0.3) is 0 Å². The molecule has 0 aliphatic heterocycles. The molecule has 0 aliphatic rings. The van der Waals surface area contributed by atoms with Crippen LogP contribution in [0.5, 0.6) is 0 Å². The normalized spacial score (nSPS) is 10.7. The minimum Gasteiger partial charge on any atom is -0.356 e. The minimum atomic E-state index is 0. The molecule has 0 fully saturated rings. The van der Waals surface area contributed by atoms with E-state index in [0.29, 0.717) is 0 Å². The number of nitrogens with zero attached hydrogens (tertiary/aromatic N) is 2. The summed E-state index contributed by atoms with van der Waals surface area (Å²) in [5.74, 6) is 1.02. The summed E-state index contributed by atoms with van der Waals surface area (Å²) in [7, 11) is 3.96. The van der Waals surface area contributed by atoms with Crippen LogP contribution in [0, 0.1) is 0 Å². The Hall–Kier alpha value is -0.260. The molecule has 0 rings (SSSR count). The van der Waals surface area contributed by atoms with Crippen molar-refractivity contribution in [2.24, 2.45) is 4.99 Å². The fourth-order valence-corrected chi connectivity index (χ4v) is 1.68. The van der Waals surface area contributed by atoms with Crippen molar-refractivity contribution in [1.82, 2.24) is 10.2 Å². The molecule has 0 heterocycles. The van der Waals surface area contributed by atoms with E-state index in [1.807, 2.05) is 13.1 Å². The number of aliphatic imine (C=N–C) groups is 1. The summed E-state index contributed by atoms with van der Waals surface area (Å²) in [5, 5.41) is 3.38. The number of halogens is 1. The van der Waals surface area contributed by atoms with Crippen molar-refractivity contribution in [3.63, 3.8) is 0 Å². The Morgan fingerprint density at radius 2 is 2.00 bits per heavy atom. The molecule has 108 valence electrons. The van der Waals surface area contributed by atoms with Gasteiger partial charge >= 0.3 is 0 Å². The zero-order valence-corrected chi connectivity index (χ0v) is 14.6. The molecule has 0 saturated carbocycles. The van der Waals surface area contributed by atoms with Gasteiger partial charge in [0.1, 0.15) is 0 Å². The molecule has 0 unspecified atom stereocenters. The highest BCUT2D eigenvalue weighted by atomic mass is 127. The van der Waals surface area contributed by atoms with Gasteiger partial charge in [-0.05, 0) is 25.7 Å². The van der Waals surface area contributed by atoms with E-state index in [-0.39, 0.29) is 24.0 Å². The Bertz CT molecular complexity index is 217. The lowest BCUT2D eigenvalue weighted by Crippen LogP contribution is -2.39. The summed E-state index contributed by atoms with van der Waals surface area (Å²) < 4.78 is 0. The van der Waals surface area contributed by atoms with Crippen LogP contribution in [-0.2, 0) is 0 Å². The van der Waals surface area contributed by atoms with E-state index in [0.717, 1.165) is 25.5 Å². The molecule has 0 spiro atoms. The van der Waals surface area contributed by atoms with Crippen molar-refractivity contribution in [3.05, 3.63) is 12.7 Å². The fraction of sp³-hybridized carbons (Fsp3) is 0.786. The van der Waals surface area contributed by atoms with E-state index < -0.39 is 0 Å². The van der Waals surface area contributed by atoms with Crippen molar-refractivity contribution >= 4 is 29.9 Å². The van der Waals surface area contributed by atoms with Crippen molar-refractivity contribution < 1.29 is 0 Å². The van der Waals surface area contributed by atoms with Gasteiger partial charge in [0.25, 0.3) is 0 Å². The van der Waals surface area contributed by atoms with Crippen LogP contribution in [0.1, 0.15) is 45.4 Å². The topological polar surface area (TPSA) is 27.6 Å². The largest absolute Gasteiger partial charge is 0.356 e. The van der Waals surface area contributed by atoms with Gasteiger partial charge in [0, 0.05) is 27.2 Å². The molecule has 4 heteroatoms. The number of allylic oxidation sites excluding steroid dienone is 1. The highest BCUT2D eigenvalue weighted by Gasteiger charge is 2.03. The summed E-state index contributed by atoms with van der Waals surface area (Å²) in [6, 6.07) is 0. The number of nitrogens with one attached hydrogen (secondary N) is 1. The lowest BCUT2D eigenvalue weighted by atomic mass is 10.2. The van der Waals surface area contributed by atoms with Gasteiger partial charge < -0.3 is 10.2 Å². The Morgan fingerprint density at radius 1 is 1.28 bits per heavy atom. The standard InChI is InChI=1S/C14H29N3.HI/c1-5-7-9-10-11-13-17(4)14(15-3)16-12-8-6-2;/h5H,1,6-13H2,2-4H3,(H,15,16);1H. The first-order valence-electron chi connectivity index (χ1n) is 6.79. The summed E-state index contributed by atoms with van der Waals surface area (Å²) in [6.45, 7) is 8.03. The third-order valence-corrected chi connectivity index (χ3v) is 2.79. The zero-order chi connectivity index (χ0) is 12.9. The molecular formula is C14H30IN3. The summed E-state index contributed by atoms with van der Waals surface area (Å²) >= 11 is 0. The van der Waals surface area contributed by atoms with Crippen LogP contribution < -0.4 is 5.32 Å². The summed E-state index contributed by atoms with van der Waals surface area (Å²) in [4.78, 5) is 6.50. The van der Waals surface area contributed by atoms with Gasteiger partial charge in [-0.2, -0.15) is 0 Å². The van der Waals surface area contributed by atoms with Crippen molar-refractivity contribution in [1.29, 1.82) is 0 Å². The molecule has 1 N–H and O–H groups in total. The van der Waals surface area contributed by atoms with E-state index in [9.17, 15) is 0 Å². The predicted molar refractivity (Wildman–Crippen MR) is 93.0 cm³/mol. The van der Waals surface area contributed by atoms with Gasteiger partial charge in [-0.1, -0.05) is 25.8 Å². The van der Waals surface area contributed by atoms with Crippen molar-refractivity contribution in [2.45, 2.75) is 45.4 Å². The monoisotopic (exact) mass is 367 g/mol. The Balaban J connectivity index is 0. The van der Waals surface area contributed by atoms with E-state index in [1.165, 1.54) is 32.1 Å². The van der Waals surface area contributed by atoms with Crippen LogP contribution in [-0.4, -0.2) is 38.0 Å². The summed E-state index contributed by atoms with van der Waals surface area (Å²) in [5.41, 5.74) is 0. The third-order valence-electron chi connectivity index (χ3n) is 2.79. The van der Waals surface area contributed by atoms with Crippen LogP contribution in [0.15, 0.2) is 17.6 Å². The predicted octanol–water partition coefficient (Wildman–Crippen LogP) is 3.66. The van der Waals surface area contributed by atoms with E-state index in [1.54, 1.807) is 0 Å². The van der Waals surface area contributed by atoms with E-state index >= 15 is 0 Å². The Morgan fingerprint density at radius 3 is 2.56 bits per heavy atom. The van der Waals surface area contributed by atoms with Crippen molar-refractivity contribution in [2.75, 3.05) is 27.2 Å². The molecule has 0 aromatic rings. The Labute approximate surface area is 130 Å². The quantitative estimate of drug-likeness (QED) is 0.221. The Kier molecular flexibility index (Phi) is 16.5. The number of rotatable bonds is 9. The average Bonchev–Trinajstić information content (AvgIpc) is 2.34. The maximum Gasteiger partial charge on any atom is 0.193 e. The van der Waals surface area contributed by atoms with E-state index in [2.05, 4.69) is 35.8 Å². The second-order valence-electron chi connectivity index (χ2n) is 4.39. The molecule has 0 radical (unpaired) electrons. The molecule has 0 amide bonds. The molecule has 0 bridgehead atoms. The smallest absolute Gasteiger partial charge is 0.193 e. The van der Waals surface area contributed by atoms with Gasteiger partial charge in [0.2, 0.25) is 0 Å². The average molecular weight is 367 g/mol. The first kappa shape index (κ1) is 20.1. The number of guanidine groups is 1. The van der Waals surface area contributed by atoms with Crippen molar-refractivity contribution in [3.8, 4) is 0 Å². The minimum absolute atomic E-state index is 0. The van der Waals surface area contributed by atoms with Gasteiger partial charge in [0.05, 0.1) is 0 Å². The maximum absolute atomic E-state index is 4.29. The summed E-state index contributed by atoms with van der Waals surface area (Å²) in [6.07, 6.45) is 9.28. The molecule has 3 nitrogen and oxygen atoms in total. The zero-order valence-electron chi connectivity index (χ0n) is 12.2. The molecule has 0 saturated heterocycles. The lowest BCUT2D eigenvalue weighted by Gasteiger charge is -2.21. The molecule has 18 heavy (non-hydrogen) atoms. The van der Waals surface area contributed by atoms with Crippen LogP contribution in [0.4, 0.5) is 0 Å². The second-order valence-corrected chi connectivity index (χ2v) is 4.39. The fourth-order valence-electron chi connectivity index (χ4n) is 1.68. The van der Waals surface area contributed by atoms with Gasteiger partial charge in [-0.15, -0.1) is 30.6 Å². The second kappa shape index (κ2) is 14.8. The first-order chi connectivity index (χ1) is 8.26. The highest BCUT2D eigenvalue weighted by molar-refractivity contribution is 14.0.